The molecule has 0 aliphatic carbocycles. The van der Waals surface area contributed by atoms with Gasteiger partial charge in [-0.25, -0.2) is 0 Å². The van der Waals surface area contributed by atoms with Crippen molar-refractivity contribution in [3.05, 3.63) is 23.8 Å². The van der Waals surface area contributed by atoms with Crippen LogP contribution in [-0.4, -0.2) is 23.9 Å². The Morgan fingerprint density at radius 3 is 2.79 bits per heavy atom. The molecule has 0 radical (unpaired) electrons. The van der Waals surface area contributed by atoms with Crippen molar-refractivity contribution < 1.29 is 14.4 Å². The van der Waals surface area contributed by atoms with Gasteiger partial charge in [0.25, 0.3) is 0 Å². The van der Waals surface area contributed by atoms with Gasteiger partial charge < -0.3 is 14.4 Å². The summed E-state index contributed by atoms with van der Waals surface area (Å²) in [5, 5.41) is 9.84. The summed E-state index contributed by atoms with van der Waals surface area (Å²) in [7, 11) is -0.338. The Morgan fingerprint density at radius 2 is 2.16 bits per heavy atom. The number of rotatable bonds is 3. The molecule has 0 amide bonds. The number of aromatic hydroxyl groups is 1. The Morgan fingerprint density at radius 1 is 1.42 bits per heavy atom. The van der Waals surface area contributed by atoms with Gasteiger partial charge in [0.05, 0.1) is 5.60 Å². The molecule has 2 rings (SSSR count). The van der Waals surface area contributed by atoms with Gasteiger partial charge in [0.1, 0.15) is 5.75 Å². The summed E-state index contributed by atoms with van der Waals surface area (Å²) < 4.78 is 11.9. The molecule has 1 N–H and O–H groups in total. The zero-order valence-electron chi connectivity index (χ0n) is 12.3. The van der Waals surface area contributed by atoms with Gasteiger partial charge >= 0.3 is 7.12 Å². The van der Waals surface area contributed by atoms with Gasteiger partial charge in [-0.15, -0.1) is 0 Å². The second-order valence-electron chi connectivity index (χ2n) is 6.00. The number of phenolic OH excluding ortho intramolecular Hbond substituents is 1. The van der Waals surface area contributed by atoms with E-state index in [2.05, 4.69) is 27.7 Å². The number of hydrogen-bond donors (Lipinski definition) is 1. The molecule has 0 aromatic heterocycles. The second-order valence-corrected chi connectivity index (χ2v) is 6.00. The third kappa shape index (κ3) is 3.51. The summed E-state index contributed by atoms with van der Waals surface area (Å²) in [5.74, 6) is 0.355. The van der Waals surface area contributed by atoms with Crippen LogP contribution in [0.25, 0.3) is 0 Å². The quantitative estimate of drug-likeness (QED) is 0.851. The average Bonchev–Trinajstić information content (AvgIpc) is 2.29. The predicted octanol–water partition coefficient (Wildman–Crippen LogP) is 2.64. The predicted molar refractivity (Wildman–Crippen MR) is 77.8 cm³/mol. The van der Waals surface area contributed by atoms with Gasteiger partial charge in [0.2, 0.25) is 0 Å². The maximum atomic E-state index is 9.84. The van der Waals surface area contributed by atoms with Crippen molar-refractivity contribution in [2.75, 3.05) is 0 Å². The molecule has 1 heterocycles. The molecule has 19 heavy (non-hydrogen) atoms. The van der Waals surface area contributed by atoms with E-state index in [0.29, 0.717) is 5.75 Å². The molecule has 1 aliphatic rings. The first kappa shape index (κ1) is 14.4. The van der Waals surface area contributed by atoms with Crippen LogP contribution in [0.3, 0.4) is 0 Å². The fraction of sp³-hybridized carbons (Fsp3) is 0.600. The standard InChI is InChI=1S/C15H23BO3/c1-5-6-12-9-13(7-8-14(12)17)16-18-11(2)10-15(3,4)19-16/h7-9,11,17H,5-6,10H2,1-4H3. The molecule has 1 fully saturated rings. The van der Waals surface area contributed by atoms with Gasteiger partial charge in [-0.3, -0.25) is 0 Å². The highest BCUT2D eigenvalue weighted by Gasteiger charge is 2.38. The molecule has 1 unspecified atom stereocenters. The largest absolute Gasteiger partial charge is 0.508 e. The zero-order valence-corrected chi connectivity index (χ0v) is 12.3. The number of phenols is 1. The van der Waals surface area contributed by atoms with Crippen LogP contribution >= 0.6 is 0 Å². The summed E-state index contributed by atoms with van der Waals surface area (Å²) in [6.07, 6.45) is 2.94. The number of benzene rings is 1. The third-order valence-electron chi connectivity index (χ3n) is 3.46. The Bertz CT molecular complexity index is 445. The van der Waals surface area contributed by atoms with E-state index in [4.69, 9.17) is 9.31 Å². The molecule has 1 aromatic rings. The van der Waals surface area contributed by atoms with E-state index >= 15 is 0 Å². The SMILES string of the molecule is CCCc1cc(B2OC(C)CC(C)(C)O2)ccc1O. The molecule has 4 heteroatoms. The summed E-state index contributed by atoms with van der Waals surface area (Å²) in [4.78, 5) is 0. The van der Waals surface area contributed by atoms with Gasteiger partial charge in [0, 0.05) is 6.10 Å². The minimum Gasteiger partial charge on any atom is -0.508 e. The Labute approximate surface area is 116 Å². The molecule has 0 bridgehead atoms. The normalized spacial score (nSPS) is 22.5. The van der Waals surface area contributed by atoms with E-state index in [1.165, 1.54) is 0 Å². The number of aryl methyl sites for hydroxylation is 1. The van der Waals surface area contributed by atoms with Crippen molar-refractivity contribution >= 4 is 12.6 Å². The molecule has 1 aromatic carbocycles. The highest BCUT2D eigenvalue weighted by atomic mass is 16.6. The van der Waals surface area contributed by atoms with Crippen LogP contribution in [0.4, 0.5) is 0 Å². The third-order valence-corrected chi connectivity index (χ3v) is 3.46. The molecule has 104 valence electrons. The van der Waals surface area contributed by atoms with E-state index in [0.717, 1.165) is 30.3 Å². The minimum atomic E-state index is -0.338. The smallest absolute Gasteiger partial charge is 0.494 e. The Balaban J connectivity index is 2.23. The van der Waals surface area contributed by atoms with Crippen LogP contribution in [0, 0.1) is 0 Å². The van der Waals surface area contributed by atoms with E-state index < -0.39 is 0 Å². The van der Waals surface area contributed by atoms with Gasteiger partial charge in [-0.1, -0.05) is 25.5 Å². The number of hydrogen-bond acceptors (Lipinski definition) is 3. The minimum absolute atomic E-state index is 0.175. The van der Waals surface area contributed by atoms with Crippen LogP contribution in [0.1, 0.15) is 46.1 Å². The summed E-state index contributed by atoms with van der Waals surface area (Å²) in [6, 6.07) is 5.62. The van der Waals surface area contributed by atoms with Crippen molar-refractivity contribution in [2.45, 2.75) is 58.7 Å². The first-order chi connectivity index (χ1) is 8.91. The average molecular weight is 262 g/mol. The van der Waals surface area contributed by atoms with Crippen molar-refractivity contribution in [3.63, 3.8) is 0 Å². The van der Waals surface area contributed by atoms with Crippen LogP contribution in [0.5, 0.6) is 5.75 Å². The second kappa shape index (κ2) is 5.55. The molecule has 0 spiro atoms. The lowest BCUT2D eigenvalue weighted by atomic mass is 9.74. The van der Waals surface area contributed by atoms with Crippen LogP contribution in [0.2, 0.25) is 0 Å². The molecule has 1 aliphatic heterocycles. The van der Waals surface area contributed by atoms with Crippen LogP contribution in [-0.2, 0) is 15.7 Å². The van der Waals surface area contributed by atoms with Gasteiger partial charge in [0.15, 0.2) is 0 Å². The van der Waals surface area contributed by atoms with Crippen molar-refractivity contribution in [2.24, 2.45) is 0 Å². The molecular weight excluding hydrogens is 239 g/mol. The fourth-order valence-electron chi connectivity index (χ4n) is 2.69. The lowest BCUT2D eigenvalue weighted by molar-refractivity contribution is -0.0229. The highest BCUT2D eigenvalue weighted by molar-refractivity contribution is 6.61. The summed E-state index contributed by atoms with van der Waals surface area (Å²) in [6.45, 7) is 8.36. The lowest BCUT2D eigenvalue weighted by Gasteiger charge is -2.38. The molecule has 0 saturated carbocycles. The zero-order chi connectivity index (χ0) is 14.0. The lowest BCUT2D eigenvalue weighted by Crippen LogP contribution is -2.51. The van der Waals surface area contributed by atoms with E-state index in [1.807, 2.05) is 12.1 Å². The summed E-state index contributed by atoms with van der Waals surface area (Å²) >= 11 is 0. The van der Waals surface area contributed by atoms with E-state index in [9.17, 15) is 5.11 Å². The maximum absolute atomic E-state index is 9.84. The fourth-order valence-corrected chi connectivity index (χ4v) is 2.69. The monoisotopic (exact) mass is 262 g/mol. The van der Waals surface area contributed by atoms with E-state index in [-0.39, 0.29) is 18.8 Å². The maximum Gasteiger partial charge on any atom is 0.494 e. The Kier molecular flexibility index (Phi) is 4.21. The Hall–Kier alpha value is -0.995. The summed E-state index contributed by atoms with van der Waals surface area (Å²) in [5.41, 5.74) is 1.77. The molecule has 1 atom stereocenters. The van der Waals surface area contributed by atoms with Crippen molar-refractivity contribution in [1.29, 1.82) is 0 Å². The highest BCUT2D eigenvalue weighted by Crippen LogP contribution is 2.26. The first-order valence-corrected chi connectivity index (χ1v) is 7.06. The molecule has 3 nitrogen and oxygen atoms in total. The van der Waals surface area contributed by atoms with Crippen molar-refractivity contribution in [3.8, 4) is 5.75 Å². The van der Waals surface area contributed by atoms with Gasteiger partial charge in [-0.2, -0.15) is 0 Å². The molecular formula is C15H23BO3. The van der Waals surface area contributed by atoms with Crippen LogP contribution in [0.15, 0.2) is 18.2 Å². The van der Waals surface area contributed by atoms with E-state index in [1.54, 1.807) is 6.07 Å². The van der Waals surface area contributed by atoms with Gasteiger partial charge in [-0.05, 0) is 50.7 Å². The topological polar surface area (TPSA) is 38.7 Å². The van der Waals surface area contributed by atoms with Crippen LogP contribution < -0.4 is 5.46 Å². The first-order valence-electron chi connectivity index (χ1n) is 7.06. The molecule has 1 saturated heterocycles. The van der Waals surface area contributed by atoms with Crippen molar-refractivity contribution in [1.82, 2.24) is 0 Å².